The van der Waals surface area contributed by atoms with E-state index in [1.807, 2.05) is 23.1 Å². The molecule has 4 heteroatoms. The number of fused-ring (bicyclic) bond motifs is 1. The van der Waals surface area contributed by atoms with Crippen LogP contribution in [0.5, 0.6) is 0 Å². The highest BCUT2D eigenvalue weighted by atomic mass is 32.1. The summed E-state index contributed by atoms with van der Waals surface area (Å²) in [5.41, 5.74) is 5.61. The number of nitrogens with zero attached hydrogens (tertiary/aromatic N) is 2. The first-order chi connectivity index (χ1) is 11.6. The van der Waals surface area contributed by atoms with Crippen molar-refractivity contribution >= 4 is 22.9 Å². The predicted octanol–water partition coefficient (Wildman–Crippen LogP) is 4.69. The molecule has 0 bridgehead atoms. The van der Waals surface area contributed by atoms with Crippen molar-refractivity contribution in [2.75, 3.05) is 11.4 Å². The van der Waals surface area contributed by atoms with E-state index in [1.54, 1.807) is 18.3 Å². The molecule has 0 aliphatic carbocycles. The molecule has 3 aromatic rings. The Bertz CT molecular complexity index is 915. The molecule has 0 saturated carbocycles. The minimum Gasteiger partial charge on any atom is -0.312 e. The number of rotatable bonds is 2. The molecule has 0 spiro atoms. The predicted molar refractivity (Wildman–Crippen MR) is 99.5 cm³/mol. The normalized spacial score (nSPS) is 13.2. The molecule has 1 aliphatic rings. The minimum atomic E-state index is 0.109. The van der Waals surface area contributed by atoms with E-state index in [0.717, 1.165) is 40.5 Å². The average Bonchev–Trinajstić information content (AvgIpc) is 3.18. The first-order valence-corrected chi connectivity index (χ1v) is 8.89. The van der Waals surface area contributed by atoms with Crippen molar-refractivity contribution in [3.63, 3.8) is 0 Å². The molecule has 120 valence electrons. The van der Waals surface area contributed by atoms with Gasteiger partial charge in [-0.05, 0) is 31.0 Å². The van der Waals surface area contributed by atoms with Gasteiger partial charge in [-0.2, -0.15) is 0 Å². The average molecular weight is 334 g/mol. The molecule has 0 atom stereocenters. The summed E-state index contributed by atoms with van der Waals surface area (Å²) in [5.74, 6) is 0.109. The van der Waals surface area contributed by atoms with Gasteiger partial charge in [0.2, 0.25) is 5.91 Å². The van der Waals surface area contributed by atoms with E-state index in [4.69, 9.17) is 4.98 Å². The fourth-order valence-electron chi connectivity index (χ4n) is 3.24. The number of amides is 1. The Morgan fingerprint density at radius 1 is 1.12 bits per heavy atom. The second kappa shape index (κ2) is 5.87. The van der Waals surface area contributed by atoms with E-state index in [1.165, 1.54) is 10.4 Å². The van der Waals surface area contributed by atoms with Crippen molar-refractivity contribution in [1.29, 1.82) is 0 Å². The Kier molecular flexibility index (Phi) is 3.69. The van der Waals surface area contributed by atoms with Crippen LogP contribution in [0.1, 0.15) is 17.4 Å². The highest BCUT2D eigenvalue weighted by Gasteiger charge is 2.23. The van der Waals surface area contributed by atoms with Gasteiger partial charge in [0.1, 0.15) is 5.01 Å². The molecule has 1 amide bonds. The molecule has 0 unspecified atom stereocenters. The van der Waals surface area contributed by atoms with Crippen LogP contribution in [-0.4, -0.2) is 17.4 Å². The largest absolute Gasteiger partial charge is 0.312 e. The van der Waals surface area contributed by atoms with Crippen LogP contribution in [0.15, 0.2) is 48.5 Å². The molecule has 2 aromatic carbocycles. The van der Waals surface area contributed by atoms with Crippen LogP contribution in [0.4, 0.5) is 5.69 Å². The smallest absolute Gasteiger partial charge is 0.223 e. The highest BCUT2D eigenvalue weighted by molar-refractivity contribution is 7.15. The third-order valence-electron chi connectivity index (χ3n) is 4.45. The number of carbonyl (C=O) groups is 1. The lowest BCUT2D eigenvalue weighted by atomic mass is 10.1. The van der Waals surface area contributed by atoms with Gasteiger partial charge in [0, 0.05) is 35.2 Å². The van der Waals surface area contributed by atoms with Crippen molar-refractivity contribution in [1.82, 2.24) is 4.98 Å². The summed E-state index contributed by atoms with van der Waals surface area (Å²) in [4.78, 5) is 19.6. The van der Waals surface area contributed by atoms with Crippen LogP contribution in [-0.2, 0) is 11.2 Å². The summed E-state index contributed by atoms with van der Waals surface area (Å²) >= 11 is 1.73. The summed E-state index contributed by atoms with van der Waals surface area (Å²) in [7, 11) is 0. The molecule has 1 aromatic heterocycles. The number of hydrogen-bond acceptors (Lipinski definition) is 3. The summed E-state index contributed by atoms with van der Waals surface area (Å²) in [6.07, 6.45) is 0.914. The van der Waals surface area contributed by atoms with E-state index < -0.39 is 0 Å². The van der Waals surface area contributed by atoms with Crippen LogP contribution in [0.3, 0.4) is 0 Å². The van der Waals surface area contributed by atoms with E-state index in [9.17, 15) is 4.79 Å². The van der Waals surface area contributed by atoms with Crippen LogP contribution in [0.25, 0.3) is 21.8 Å². The number of anilines is 1. The van der Waals surface area contributed by atoms with Crippen LogP contribution in [0.2, 0.25) is 0 Å². The molecule has 1 aliphatic heterocycles. The van der Waals surface area contributed by atoms with Crippen molar-refractivity contribution < 1.29 is 4.79 Å². The SMILES string of the molecule is CC(=O)N1CCc2cc(-c3nc(-c4ccccc4)sc3C)ccc21. The Labute approximate surface area is 145 Å². The monoisotopic (exact) mass is 334 g/mol. The van der Waals surface area contributed by atoms with E-state index in [-0.39, 0.29) is 5.91 Å². The lowest BCUT2D eigenvalue weighted by Crippen LogP contribution is -2.25. The van der Waals surface area contributed by atoms with Gasteiger partial charge < -0.3 is 4.90 Å². The quantitative estimate of drug-likeness (QED) is 0.681. The highest BCUT2D eigenvalue weighted by Crippen LogP contribution is 2.36. The van der Waals surface area contributed by atoms with Crippen molar-refractivity contribution in [2.45, 2.75) is 20.3 Å². The van der Waals surface area contributed by atoms with E-state index in [2.05, 4.69) is 37.3 Å². The zero-order valence-electron chi connectivity index (χ0n) is 13.7. The first-order valence-electron chi connectivity index (χ1n) is 8.08. The molecule has 3 nitrogen and oxygen atoms in total. The van der Waals surface area contributed by atoms with E-state index >= 15 is 0 Å². The number of carbonyl (C=O) groups excluding carboxylic acids is 1. The molecular formula is C20H18N2OS. The van der Waals surface area contributed by atoms with Crippen LogP contribution < -0.4 is 4.90 Å². The number of aromatic nitrogens is 1. The maximum absolute atomic E-state index is 11.7. The van der Waals surface area contributed by atoms with Crippen molar-refractivity contribution in [3.8, 4) is 21.8 Å². The lowest BCUT2D eigenvalue weighted by molar-refractivity contribution is -0.116. The fourth-order valence-corrected chi connectivity index (χ4v) is 4.19. The van der Waals surface area contributed by atoms with Gasteiger partial charge in [0.15, 0.2) is 0 Å². The Hall–Kier alpha value is -2.46. The van der Waals surface area contributed by atoms with Crippen molar-refractivity contribution in [3.05, 3.63) is 59.0 Å². The third kappa shape index (κ3) is 2.53. The zero-order chi connectivity index (χ0) is 16.7. The standard InChI is InChI=1S/C20H18N2OS/c1-13-19(21-20(24-13)15-6-4-3-5-7-15)17-8-9-18-16(12-17)10-11-22(18)14(2)23/h3-9,12H,10-11H2,1-2H3. The molecule has 0 radical (unpaired) electrons. The molecule has 0 N–H and O–H groups in total. The second-order valence-electron chi connectivity index (χ2n) is 6.05. The number of benzene rings is 2. The number of aryl methyl sites for hydroxylation is 1. The van der Waals surface area contributed by atoms with E-state index in [0.29, 0.717) is 0 Å². The van der Waals surface area contributed by atoms with Crippen LogP contribution >= 0.6 is 11.3 Å². The molecule has 24 heavy (non-hydrogen) atoms. The molecule has 0 saturated heterocycles. The lowest BCUT2D eigenvalue weighted by Gasteiger charge is -2.14. The summed E-state index contributed by atoms with van der Waals surface area (Å²) in [6, 6.07) is 16.6. The fraction of sp³-hybridized carbons (Fsp3) is 0.200. The maximum Gasteiger partial charge on any atom is 0.223 e. The van der Waals surface area contributed by atoms with Gasteiger partial charge >= 0.3 is 0 Å². The van der Waals surface area contributed by atoms with Gasteiger partial charge in [-0.15, -0.1) is 11.3 Å². The molecule has 2 heterocycles. The van der Waals surface area contributed by atoms with Gasteiger partial charge in [-0.1, -0.05) is 36.4 Å². The zero-order valence-corrected chi connectivity index (χ0v) is 14.6. The van der Waals surface area contributed by atoms with Gasteiger partial charge in [-0.3, -0.25) is 4.79 Å². The van der Waals surface area contributed by atoms with Gasteiger partial charge in [0.25, 0.3) is 0 Å². The van der Waals surface area contributed by atoms with Gasteiger partial charge in [0.05, 0.1) is 5.69 Å². The summed E-state index contributed by atoms with van der Waals surface area (Å²) < 4.78 is 0. The number of hydrogen-bond donors (Lipinski definition) is 0. The second-order valence-corrected chi connectivity index (χ2v) is 7.26. The van der Waals surface area contributed by atoms with Crippen molar-refractivity contribution in [2.24, 2.45) is 0 Å². The van der Waals surface area contributed by atoms with Gasteiger partial charge in [-0.25, -0.2) is 4.98 Å². The first kappa shape index (κ1) is 15.1. The Morgan fingerprint density at radius 2 is 1.92 bits per heavy atom. The summed E-state index contributed by atoms with van der Waals surface area (Å²) in [5, 5.41) is 1.05. The molecule has 0 fully saturated rings. The number of thiazole rings is 1. The molecule has 4 rings (SSSR count). The third-order valence-corrected chi connectivity index (χ3v) is 5.47. The molecular weight excluding hydrogens is 316 g/mol. The van der Waals surface area contributed by atoms with Crippen LogP contribution in [0, 0.1) is 6.92 Å². The Balaban J connectivity index is 1.73. The summed E-state index contributed by atoms with van der Waals surface area (Å²) in [6.45, 7) is 4.52. The topological polar surface area (TPSA) is 33.2 Å². The minimum absolute atomic E-state index is 0.109. The maximum atomic E-state index is 11.7. The Morgan fingerprint density at radius 3 is 2.67 bits per heavy atom.